The summed E-state index contributed by atoms with van der Waals surface area (Å²) in [5.41, 5.74) is 8.55. The molecule has 0 aliphatic carbocycles. The molecule has 2 aromatic rings. The maximum Gasteiger partial charge on any atom is 0.220 e. The number of benzene rings is 2. The number of amides is 1. The molecule has 0 radical (unpaired) electrons. The second kappa shape index (κ2) is 9.56. The van der Waals surface area contributed by atoms with E-state index in [1.807, 2.05) is 36.4 Å². The molecule has 0 aliphatic heterocycles. The number of methoxy groups -OCH3 is 3. The summed E-state index contributed by atoms with van der Waals surface area (Å²) in [6.45, 7) is 0.509. The van der Waals surface area contributed by atoms with Crippen molar-refractivity contribution in [1.29, 1.82) is 0 Å². The Bertz CT molecular complexity index is 747. The summed E-state index contributed by atoms with van der Waals surface area (Å²) < 4.78 is 16.1. The van der Waals surface area contributed by atoms with Crippen LogP contribution in [0.3, 0.4) is 0 Å². The van der Waals surface area contributed by atoms with Gasteiger partial charge in [0, 0.05) is 24.2 Å². The monoisotopic (exact) mass is 358 g/mol. The molecule has 2 aromatic carbocycles. The topological polar surface area (TPSA) is 82.8 Å². The number of para-hydroxylation sites is 1. The lowest BCUT2D eigenvalue weighted by Crippen LogP contribution is -2.26. The number of carbonyl (C=O) groups excluding carboxylic acids is 1. The number of anilines is 1. The SMILES string of the molecule is COc1ccc(CCNC(=O)CCc2ccccc2N)c(OC)c1OC. The number of ether oxygens (including phenoxy) is 3. The summed E-state index contributed by atoms with van der Waals surface area (Å²) in [4.78, 5) is 12.1. The molecule has 0 fully saturated rings. The van der Waals surface area contributed by atoms with Gasteiger partial charge >= 0.3 is 0 Å². The third kappa shape index (κ3) is 4.81. The van der Waals surface area contributed by atoms with Gasteiger partial charge in [-0.15, -0.1) is 0 Å². The minimum absolute atomic E-state index is 0.00676. The normalized spacial score (nSPS) is 10.3. The summed E-state index contributed by atoms with van der Waals surface area (Å²) in [7, 11) is 4.74. The maximum absolute atomic E-state index is 12.1. The molecule has 0 saturated heterocycles. The quantitative estimate of drug-likeness (QED) is 0.673. The third-order valence-corrected chi connectivity index (χ3v) is 4.18. The van der Waals surface area contributed by atoms with E-state index in [1.165, 1.54) is 0 Å². The first-order chi connectivity index (χ1) is 12.6. The van der Waals surface area contributed by atoms with Gasteiger partial charge in [-0.3, -0.25) is 4.79 Å². The zero-order valence-electron chi connectivity index (χ0n) is 15.5. The number of carbonyl (C=O) groups is 1. The van der Waals surface area contributed by atoms with Crippen molar-refractivity contribution in [1.82, 2.24) is 5.32 Å². The van der Waals surface area contributed by atoms with Crippen LogP contribution in [0, 0.1) is 0 Å². The number of hydrogen-bond acceptors (Lipinski definition) is 5. The van der Waals surface area contributed by atoms with Gasteiger partial charge in [-0.05, 0) is 30.5 Å². The Morgan fingerprint density at radius 3 is 2.31 bits per heavy atom. The lowest BCUT2D eigenvalue weighted by Gasteiger charge is -2.16. The summed E-state index contributed by atoms with van der Waals surface area (Å²) in [5, 5.41) is 2.93. The fraction of sp³-hybridized carbons (Fsp3) is 0.350. The fourth-order valence-electron chi connectivity index (χ4n) is 2.80. The molecule has 6 heteroatoms. The van der Waals surface area contributed by atoms with Crippen LogP contribution in [0.15, 0.2) is 36.4 Å². The molecule has 2 rings (SSSR count). The van der Waals surface area contributed by atoms with Crippen molar-refractivity contribution in [2.24, 2.45) is 0 Å². The van der Waals surface area contributed by atoms with Crippen LogP contribution in [-0.2, 0) is 17.6 Å². The van der Waals surface area contributed by atoms with Crippen LogP contribution in [0.4, 0.5) is 5.69 Å². The number of nitrogens with two attached hydrogens (primary N) is 1. The van der Waals surface area contributed by atoms with Gasteiger partial charge in [0.25, 0.3) is 0 Å². The average Bonchev–Trinajstić information content (AvgIpc) is 2.66. The number of aryl methyl sites for hydroxylation is 1. The highest BCUT2D eigenvalue weighted by atomic mass is 16.5. The number of nitrogen functional groups attached to an aromatic ring is 1. The third-order valence-electron chi connectivity index (χ3n) is 4.18. The molecule has 0 saturated carbocycles. The molecule has 0 aromatic heterocycles. The highest BCUT2D eigenvalue weighted by Crippen LogP contribution is 2.39. The molecule has 0 aliphatic rings. The van der Waals surface area contributed by atoms with Gasteiger partial charge in [-0.2, -0.15) is 0 Å². The van der Waals surface area contributed by atoms with E-state index in [9.17, 15) is 4.79 Å². The van der Waals surface area contributed by atoms with Gasteiger partial charge in [0.05, 0.1) is 21.3 Å². The van der Waals surface area contributed by atoms with E-state index in [4.69, 9.17) is 19.9 Å². The maximum atomic E-state index is 12.1. The Morgan fingerprint density at radius 2 is 1.65 bits per heavy atom. The smallest absolute Gasteiger partial charge is 0.220 e. The largest absolute Gasteiger partial charge is 0.493 e. The molecule has 3 N–H and O–H groups in total. The molecule has 0 heterocycles. The van der Waals surface area contributed by atoms with Crippen molar-refractivity contribution in [3.05, 3.63) is 47.5 Å². The molecule has 6 nitrogen and oxygen atoms in total. The number of hydrogen-bond donors (Lipinski definition) is 2. The molecule has 0 bridgehead atoms. The van der Waals surface area contributed by atoms with Crippen LogP contribution in [0.2, 0.25) is 0 Å². The van der Waals surface area contributed by atoms with Crippen molar-refractivity contribution in [3.8, 4) is 17.2 Å². The molecule has 1 amide bonds. The molecule has 0 spiro atoms. The van der Waals surface area contributed by atoms with Crippen LogP contribution < -0.4 is 25.3 Å². The Kier molecular flexibility index (Phi) is 7.14. The minimum atomic E-state index is -0.00676. The van der Waals surface area contributed by atoms with Crippen LogP contribution in [0.25, 0.3) is 0 Å². The van der Waals surface area contributed by atoms with Crippen molar-refractivity contribution >= 4 is 11.6 Å². The van der Waals surface area contributed by atoms with Crippen molar-refractivity contribution in [2.75, 3.05) is 33.6 Å². The standard InChI is InChI=1S/C20H26N2O4/c1-24-17-10-8-15(19(25-2)20(17)26-3)12-13-22-18(23)11-9-14-6-4-5-7-16(14)21/h4-8,10H,9,11-13,21H2,1-3H3,(H,22,23). The Morgan fingerprint density at radius 1 is 0.923 bits per heavy atom. The molecular formula is C20H26N2O4. The summed E-state index contributed by atoms with van der Waals surface area (Å²) in [6, 6.07) is 11.3. The first-order valence-electron chi connectivity index (χ1n) is 8.48. The van der Waals surface area contributed by atoms with Gasteiger partial charge in [0.2, 0.25) is 11.7 Å². The number of rotatable bonds is 9. The Balaban J connectivity index is 1.89. The van der Waals surface area contributed by atoms with E-state index in [0.717, 1.165) is 16.8 Å². The summed E-state index contributed by atoms with van der Waals surface area (Å²) in [5.74, 6) is 1.78. The second-order valence-electron chi connectivity index (χ2n) is 5.79. The van der Waals surface area contributed by atoms with Gasteiger partial charge in [-0.25, -0.2) is 0 Å². The predicted octanol–water partition coefficient (Wildman–Crippen LogP) is 2.59. The van der Waals surface area contributed by atoms with E-state index < -0.39 is 0 Å². The Hall–Kier alpha value is -2.89. The van der Waals surface area contributed by atoms with E-state index in [1.54, 1.807) is 21.3 Å². The number of nitrogens with one attached hydrogen (secondary N) is 1. The first kappa shape index (κ1) is 19.4. The van der Waals surface area contributed by atoms with Crippen LogP contribution in [0.5, 0.6) is 17.2 Å². The Labute approximate surface area is 154 Å². The average molecular weight is 358 g/mol. The highest BCUT2D eigenvalue weighted by Gasteiger charge is 2.15. The van der Waals surface area contributed by atoms with Crippen molar-refractivity contribution in [3.63, 3.8) is 0 Å². The zero-order valence-corrected chi connectivity index (χ0v) is 15.5. The molecule has 0 unspecified atom stereocenters. The second-order valence-corrected chi connectivity index (χ2v) is 5.79. The van der Waals surface area contributed by atoms with Crippen LogP contribution in [-0.4, -0.2) is 33.8 Å². The lowest BCUT2D eigenvalue weighted by molar-refractivity contribution is -0.121. The van der Waals surface area contributed by atoms with Crippen LogP contribution in [0.1, 0.15) is 17.5 Å². The van der Waals surface area contributed by atoms with E-state index in [2.05, 4.69) is 5.32 Å². The van der Waals surface area contributed by atoms with Gasteiger partial charge in [-0.1, -0.05) is 24.3 Å². The fourth-order valence-corrected chi connectivity index (χ4v) is 2.80. The molecule has 0 atom stereocenters. The lowest BCUT2D eigenvalue weighted by atomic mass is 10.1. The molecule has 140 valence electrons. The van der Waals surface area contributed by atoms with Gasteiger partial charge in [0.15, 0.2) is 11.5 Å². The zero-order chi connectivity index (χ0) is 18.9. The van der Waals surface area contributed by atoms with E-state index >= 15 is 0 Å². The van der Waals surface area contributed by atoms with Gasteiger partial charge in [0.1, 0.15) is 0 Å². The predicted molar refractivity (Wildman–Crippen MR) is 102 cm³/mol. The summed E-state index contributed by atoms with van der Waals surface area (Å²) in [6.07, 6.45) is 1.65. The van der Waals surface area contributed by atoms with Gasteiger partial charge < -0.3 is 25.3 Å². The van der Waals surface area contributed by atoms with Crippen LogP contribution >= 0.6 is 0 Å². The summed E-state index contributed by atoms with van der Waals surface area (Å²) >= 11 is 0. The molecular weight excluding hydrogens is 332 g/mol. The minimum Gasteiger partial charge on any atom is -0.493 e. The molecule has 26 heavy (non-hydrogen) atoms. The highest BCUT2D eigenvalue weighted by molar-refractivity contribution is 5.76. The van der Waals surface area contributed by atoms with E-state index in [0.29, 0.717) is 43.1 Å². The van der Waals surface area contributed by atoms with Crippen molar-refractivity contribution in [2.45, 2.75) is 19.3 Å². The first-order valence-corrected chi connectivity index (χ1v) is 8.48. The van der Waals surface area contributed by atoms with Crippen molar-refractivity contribution < 1.29 is 19.0 Å². The van der Waals surface area contributed by atoms with E-state index in [-0.39, 0.29) is 5.91 Å².